The van der Waals surface area contributed by atoms with E-state index in [-0.39, 0.29) is 5.89 Å². The molecule has 0 spiro atoms. The monoisotopic (exact) mass is 202 g/mol. The number of aliphatic carboxylic acids is 1. The normalized spacial score (nSPS) is 12.8. The van der Waals surface area contributed by atoms with Crippen LogP contribution in [-0.4, -0.2) is 27.5 Å². The molecule has 13 heavy (non-hydrogen) atoms. The molecule has 0 radical (unpaired) electrons. The van der Waals surface area contributed by atoms with Gasteiger partial charge in [0.25, 0.3) is 5.22 Å². The Balaban J connectivity index is 2.85. The Morgan fingerprint density at radius 2 is 2.38 bits per heavy atom. The third-order valence-electron chi connectivity index (χ3n) is 1.60. The van der Waals surface area contributed by atoms with Crippen LogP contribution in [0.4, 0.5) is 0 Å². The van der Waals surface area contributed by atoms with Crippen molar-refractivity contribution in [1.82, 2.24) is 10.2 Å². The molecule has 0 fully saturated rings. The number of thioether (sulfide) groups is 1. The van der Waals surface area contributed by atoms with Gasteiger partial charge < -0.3 is 9.52 Å². The van der Waals surface area contributed by atoms with Crippen molar-refractivity contribution in [3.05, 3.63) is 5.89 Å². The Morgan fingerprint density at radius 3 is 2.77 bits per heavy atom. The molecule has 1 aromatic heterocycles. The Hall–Kier alpha value is -1.04. The van der Waals surface area contributed by atoms with E-state index >= 15 is 0 Å². The van der Waals surface area contributed by atoms with E-state index < -0.39 is 11.9 Å². The van der Waals surface area contributed by atoms with Gasteiger partial charge in [0.2, 0.25) is 5.89 Å². The molecule has 1 rings (SSSR count). The standard InChI is InChI=1S/C7H10N2O3S/c1-3-4(6(10)11)5-8-9-7(12-5)13-2/h4H,3H2,1-2H3,(H,10,11). The Kier molecular flexibility index (Phi) is 3.30. The number of carboxylic acid groups (broad SMARTS) is 1. The fraction of sp³-hybridized carbons (Fsp3) is 0.571. The van der Waals surface area contributed by atoms with Gasteiger partial charge in [-0.25, -0.2) is 0 Å². The molecule has 1 heterocycles. The molecule has 0 bridgehead atoms. The SMILES string of the molecule is CCC(C(=O)O)c1nnc(SC)o1. The van der Waals surface area contributed by atoms with Crippen molar-refractivity contribution in [1.29, 1.82) is 0 Å². The predicted molar refractivity (Wildman–Crippen MR) is 46.7 cm³/mol. The number of carboxylic acids is 1. The summed E-state index contributed by atoms with van der Waals surface area (Å²) in [7, 11) is 0. The molecule has 0 aliphatic heterocycles. The van der Waals surface area contributed by atoms with Gasteiger partial charge >= 0.3 is 5.97 Å². The molecule has 1 N–H and O–H groups in total. The van der Waals surface area contributed by atoms with Crippen LogP contribution in [0, 0.1) is 0 Å². The average molecular weight is 202 g/mol. The minimum atomic E-state index is -0.932. The van der Waals surface area contributed by atoms with Gasteiger partial charge in [-0.1, -0.05) is 18.7 Å². The molecule has 0 aromatic carbocycles. The van der Waals surface area contributed by atoms with Crippen molar-refractivity contribution in [2.75, 3.05) is 6.26 Å². The maximum absolute atomic E-state index is 10.7. The molecule has 0 saturated heterocycles. The van der Waals surface area contributed by atoms with Gasteiger partial charge in [0.1, 0.15) is 5.92 Å². The minimum Gasteiger partial charge on any atom is -0.481 e. The molecule has 5 nitrogen and oxygen atoms in total. The van der Waals surface area contributed by atoms with E-state index in [1.807, 2.05) is 0 Å². The number of carbonyl (C=O) groups is 1. The highest BCUT2D eigenvalue weighted by atomic mass is 32.2. The molecule has 0 aliphatic carbocycles. The van der Waals surface area contributed by atoms with Crippen molar-refractivity contribution < 1.29 is 14.3 Å². The third-order valence-corrected chi connectivity index (χ3v) is 2.12. The van der Waals surface area contributed by atoms with Gasteiger partial charge in [0.05, 0.1) is 0 Å². The lowest BCUT2D eigenvalue weighted by Gasteiger charge is -2.01. The molecule has 0 saturated carbocycles. The number of nitrogens with zero attached hydrogens (tertiary/aromatic N) is 2. The summed E-state index contributed by atoms with van der Waals surface area (Å²) in [6, 6.07) is 0. The first kappa shape index (κ1) is 10.0. The summed E-state index contributed by atoms with van der Waals surface area (Å²) < 4.78 is 5.11. The van der Waals surface area contributed by atoms with Crippen LogP contribution in [0.15, 0.2) is 9.64 Å². The summed E-state index contributed by atoms with van der Waals surface area (Å²) in [4.78, 5) is 10.7. The zero-order valence-corrected chi connectivity index (χ0v) is 8.17. The average Bonchev–Trinajstić information content (AvgIpc) is 2.53. The number of aromatic nitrogens is 2. The molecule has 1 aromatic rings. The van der Waals surface area contributed by atoms with Crippen molar-refractivity contribution >= 4 is 17.7 Å². The van der Waals surface area contributed by atoms with E-state index in [0.29, 0.717) is 11.6 Å². The summed E-state index contributed by atoms with van der Waals surface area (Å²) in [5, 5.41) is 16.5. The largest absolute Gasteiger partial charge is 0.481 e. The van der Waals surface area contributed by atoms with Crippen LogP contribution in [0.2, 0.25) is 0 Å². The van der Waals surface area contributed by atoms with E-state index in [2.05, 4.69) is 10.2 Å². The second-order valence-corrected chi connectivity index (χ2v) is 3.17. The van der Waals surface area contributed by atoms with Gasteiger partial charge in [-0.15, -0.1) is 10.2 Å². The lowest BCUT2D eigenvalue weighted by Crippen LogP contribution is -2.10. The third kappa shape index (κ3) is 2.21. The van der Waals surface area contributed by atoms with E-state index in [1.165, 1.54) is 11.8 Å². The fourth-order valence-corrected chi connectivity index (χ4v) is 1.19. The van der Waals surface area contributed by atoms with E-state index in [4.69, 9.17) is 9.52 Å². The van der Waals surface area contributed by atoms with E-state index in [1.54, 1.807) is 13.2 Å². The smallest absolute Gasteiger partial charge is 0.316 e. The van der Waals surface area contributed by atoms with Crippen LogP contribution in [0.5, 0.6) is 0 Å². The molecule has 72 valence electrons. The molecule has 0 aliphatic rings. The second kappa shape index (κ2) is 4.27. The number of hydrogen-bond donors (Lipinski definition) is 1. The van der Waals surface area contributed by atoms with Crippen molar-refractivity contribution in [3.8, 4) is 0 Å². The minimum absolute atomic E-state index is 0.180. The van der Waals surface area contributed by atoms with Gasteiger partial charge in [0, 0.05) is 0 Å². The number of rotatable bonds is 4. The van der Waals surface area contributed by atoms with Crippen molar-refractivity contribution in [3.63, 3.8) is 0 Å². The maximum Gasteiger partial charge on any atom is 0.316 e. The zero-order valence-electron chi connectivity index (χ0n) is 7.35. The van der Waals surface area contributed by atoms with Crippen LogP contribution >= 0.6 is 11.8 Å². The molecule has 1 atom stereocenters. The van der Waals surface area contributed by atoms with E-state index in [9.17, 15) is 4.79 Å². The Bertz CT molecular complexity index is 300. The second-order valence-electron chi connectivity index (χ2n) is 2.41. The van der Waals surface area contributed by atoms with Crippen LogP contribution in [0.1, 0.15) is 25.2 Å². The zero-order chi connectivity index (χ0) is 9.84. The first-order valence-corrected chi connectivity index (χ1v) is 5.01. The summed E-state index contributed by atoms with van der Waals surface area (Å²) in [5.41, 5.74) is 0. The molecule has 0 amide bonds. The Labute approximate surface area is 79.5 Å². The van der Waals surface area contributed by atoms with Crippen molar-refractivity contribution in [2.24, 2.45) is 0 Å². The van der Waals surface area contributed by atoms with Crippen LogP contribution in [0.3, 0.4) is 0 Å². The number of hydrogen-bond acceptors (Lipinski definition) is 5. The first-order valence-electron chi connectivity index (χ1n) is 3.79. The fourth-order valence-electron chi connectivity index (χ4n) is 0.899. The maximum atomic E-state index is 10.7. The lowest BCUT2D eigenvalue weighted by molar-refractivity contribution is -0.139. The van der Waals surface area contributed by atoms with Gasteiger partial charge in [0.15, 0.2) is 0 Å². The van der Waals surface area contributed by atoms with Gasteiger partial charge in [-0.3, -0.25) is 4.79 Å². The molecule has 6 heteroatoms. The van der Waals surface area contributed by atoms with Gasteiger partial charge in [-0.2, -0.15) is 0 Å². The summed E-state index contributed by atoms with van der Waals surface area (Å²) in [6.07, 6.45) is 2.24. The van der Waals surface area contributed by atoms with Gasteiger partial charge in [-0.05, 0) is 12.7 Å². The van der Waals surface area contributed by atoms with E-state index in [0.717, 1.165) is 0 Å². The van der Waals surface area contributed by atoms with Crippen LogP contribution in [0.25, 0.3) is 0 Å². The molecule has 1 unspecified atom stereocenters. The predicted octanol–water partition coefficient (Wildman–Crippen LogP) is 1.37. The summed E-state index contributed by atoms with van der Waals surface area (Å²) in [5.74, 6) is -1.44. The summed E-state index contributed by atoms with van der Waals surface area (Å²) >= 11 is 1.30. The van der Waals surface area contributed by atoms with Crippen LogP contribution < -0.4 is 0 Å². The Morgan fingerprint density at radius 1 is 1.69 bits per heavy atom. The molecular weight excluding hydrogens is 192 g/mol. The highest BCUT2D eigenvalue weighted by molar-refractivity contribution is 7.98. The summed E-state index contributed by atoms with van der Waals surface area (Å²) in [6.45, 7) is 1.77. The highest BCUT2D eigenvalue weighted by Gasteiger charge is 2.23. The van der Waals surface area contributed by atoms with Crippen LogP contribution in [-0.2, 0) is 4.79 Å². The first-order chi connectivity index (χ1) is 6.19. The highest BCUT2D eigenvalue weighted by Crippen LogP contribution is 2.21. The topological polar surface area (TPSA) is 76.2 Å². The van der Waals surface area contributed by atoms with Crippen molar-refractivity contribution in [2.45, 2.75) is 24.5 Å². The lowest BCUT2D eigenvalue weighted by atomic mass is 10.1. The quantitative estimate of drug-likeness (QED) is 0.743. The molecular formula is C7H10N2O3S.